The van der Waals surface area contributed by atoms with Gasteiger partial charge < -0.3 is 15.2 Å². The maximum atomic E-state index is 9.88. The molecule has 2 fully saturated rings. The molecule has 3 atom stereocenters. The zero-order chi connectivity index (χ0) is 15.6. The van der Waals surface area contributed by atoms with Gasteiger partial charge in [0.25, 0.3) is 5.91 Å². The molecule has 2 aliphatic heterocycles. The van der Waals surface area contributed by atoms with Crippen LogP contribution in [0.1, 0.15) is 11.5 Å². The molecule has 3 aliphatic rings. The maximum Gasteiger partial charge on any atom is 0.293 e. The largest absolute Gasteiger partial charge is 0.386 e. The lowest BCUT2D eigenvalue weighted by molar-refractivity contribution is -0.184. The van der Waals surface area contributed by atoms with Gasteiger partial charge in [0.05, 0.1) is 25.4 Å². The predicted octanol–water partition coefficient (Wildman–Crippen LogP) is 1.53. The molecule has 22 heavy (non-hydrogen) atoms. The first kappa shape index (κ1) is 13.5. The van der Waals surface area contributed by atoms with Gasteiger partial charge in [-0.3, -0.25) is 0 Å². The van der Waals surface area contributed by atoms with E-state index in [1.165, 1.54) is 0 Å². The van der Waals surface area contributed by atoms with E-state index in [4.69, 9.17) is 26.8 Å². The first-order valence-corrected chi connectivity index (χ1v) is 7.17. The third-order valence-corrected chi connectivity index (χ3v) is 5.06. The maximum absolute atomic E-state index is 9.88. The SMILES string of the molecule is N#C[C@]12C(N)=NC3(OCCO3)[C@@]1(C#N)[C@H]2c1ccc(Cl)cc1. The molecule has 1 spiro atoms. The van der Waals surface area contributed by atoms with Crippen LogP contribution in [0.25, 0.3) is 0 Å². The van der Waals surface area contributed by atoms with E-state index in [2.05, 4.69) is 17.1 Å². The second-order valence-corrected chi connectivity index (χ2v) is 6.04. The lowest BCUT2D eigenvalue weighted by Crippen LogP contribution is -2.38. The molecular weight excluding hydrogens is 304 g/mol. The number of benzene rings is 1. The van der Waals surface area contributed by atoms with Crippen LogP contribution in [0.5, 0.6) is 0 Å². The number of aliphatic imine (C=N–C) groups is 1. The Kier molecular flexibility index (Phi) is 2.46. The standard InChI is InChI=1S/C15H11ClN4O2/c16-10-3-1-9(2-4-10)11-13(7-17)12(19)20-15(14(11,13)8-18)21-5-6-22-15/h1-4,11H,5-6H2,(H2,19,20)/t11-,13-,14-/m0/s1. The Balaban J connectivity index is 1.92. The molecule has 7 heteroatoms. The zero-order valence-corrected chi connectivity index (χ0v) is 12.2. The predicted molar refractivity (Wildman–Crippen MR) is 76.5 cm³/mol. The number of rotatable bonds is 1. The van der Waals surface area contributed by atoms with Gasteiger partial charge in [0.15, 0.2) is 5.41 Å². The Bertz CT molecular complexity index is 772. The van der Waals surface area contributed by atoms with Gasteiger partial charge in [0, 0.05) is 10.9 Å². The minimum Gasteiger partial charge on any atom is -0.386 e. The summed E-state index contributed by atoms with van der Waals surface area (Å²) in [6.45, 7) is 0.629. The van der Waals surface area contributed by atoms with Crippen LogP contribution in [0.15, 0.2) is 29.3 Å². The van der Waals surface area contributed by atoms with E-state index < -0.39 is 22.7 Å². The molecule has 1 saturated carbocycles. The summed E-state index contributed by atoms with van der Waals surface area (Å²) in [7, 11) is 0. The molecular formula is C15H11ClN4O2. The van der Waals surface area contributed by atoms with Crippen LogP contribution in [-0.4, -0.2) is 25.0 Å². The van der Waals surface area contributed by atoms with Crippen molar-refractivity contribution >= 4 is 17.4 Å². The van der Waals surface area contributed by atoms with Crippen molar-refractivity contribution in [1.29, 1.82) is 10.5 Å². The van der Waals surface area contributed by atoms with Crippen molar-refractivity contribution in [3.05, 3.63) is 34.9 Å². The quantitative estimate of drug-likeness (QED) is 0.846. The van der Waals surface area contributed by atoms with Gasteiger partial charge in [-0.05, 0) is 17.7 Å². The van der Waals surface area contributed by atoms with Gasteiger partial charge in [-0.1, -0.05) is 23.7 Å². The van der Waals surface area contributed by atoms with Crippen molar-refractivity contribution in [2.75, 3.05) is 13.2 Å². The molecule has 0 bridgehead atoms. The van der Waals surface area contributed by atoms with Crippen LogP contribution in [0.3, 0.4) is 0 Å². The molecule has 0 radical (unpaired) electrons. The number of nitrogens with two attached hydrogens (primary N) is 1. The Morgan fingerprint density at radius 1 is 1.18 bits per heavy atom. The van der Waals surface area contributed by atoms with Gasteiger partial charge in [-0.25, -0.2) is 4.99 Å². The number of hydrogen-bond donors (Lipinski definition) is 1. The summed E-state index contributed by atoms with van der Waals surface area (Å²) in [5.74, 6) is -1.84. The first-order valence-electron chi connectivity index (χ1n) is 6.80. The molecule has 1 aromatic rings. The molecule has 0 aromatic heterocycles. The van der Waals surface area contributed by atoms with Gasteiger partial charge in [0.2, 0.25) is 0 Å². The van der Waals surface area contributed by atoms with Crippen LogP contribution < -0.4 is 5.73 Å². The smallest absolute Gasteiger partial charge is 0.293 e. The van der Waals surface area contributed by atoms with E-state index in [1.54, 1.807) is 24.3 Å². The van der Waals surface area contributed by atoms with E-state index in [0.717, 1.165) is 5.56 Å². The topological polar surface area (TPSA) is 104 Å². The van der Waals surface area contributed by atoms with E-state index in [-0.39, 0.29) is 5.84 Å². The molecule has 0 amide bonds. The van der Waals surface area contributed by atoms with Crippen LogP contribution in [0, 0.1) is 33.5 Å². The lowest BCUT2D eigenvalue weighted by atomic mass is 9.94. The summed E-state index contributed by atoms with van der Waals surface area (Å²) in [5, 5.41) is 20.2. The Morgan fingerprint density at radius 2 is 1.82 bits per heavy atom. The van der Waals surface area contributed by atoms with Crippen molar-refractivity contribution in [2.45, 2.75) is 11.8 Å². The third kappa shape index (κ3) is 1.17. The highest BCUT2D eigenvalue weighted by Gasteiger charge is 2.94. The lowest BCUT2D eigenvalue weighted by Gasteiger charge is -2.25. The molecule has 2 heterocycles. The van der Waals surface area contributed by atoms with Gasteiger partial charge in [-0.15, -0.1) is 0 Å². The van der Waals surface area contributed by atoms with Crippen molar-refractivity contribution in [3.8, 4) is 12.1 Å². The molecule has 110 valence electrons. The zero-order valence-electron chi connectivity index (χ0n) is 11.4. The number of amidine groups is 1. The fourth-order valence-electron chi connectivity index (χ4n) is 3.87. The van der Waals surface area contributed by atoms with Crippen molar-refractivity contribution in [2.24, 2.45) is 21.6 Å². The number of nitrogens with zero attached hydrogens (tertiary/aromatic N) is 3. The Hall–Kier alpha value is -2.12. The number of halogens is 1. The third-order valence-electron chi connectivity index (χ3n) is 4.81. The average molecular weight is 315 g/mol. The Morgan fingerprint density at radius 3 is 2.36 bits per heavy atom. The van der Waals surface area contributed by atoms with Crippen LogP contribution in [0.2, 0.25) is 5.02 Å². The van der Waals surface area contributed by atoms with Gasteiger partial charge >= 0.3 is 0 Å². The molecule has 0 unspecified atom stereocenters. The second-order valence-electron chi connectivity index (χ2n) is 5.60. The van der Waals surface area contributed by atoms with Crippen LogP contribution in [-0.2, 0) is 9.47 Å². The van der Waals surface area contributed by atoms with Crippen molar-refractivity contribution in [1.82, 2.24) is 0 Å². The molecule has 2 N–H and O–H groups in total. The molecule has 1 aliphatic carbocycles. The summed E-state index contributed by atoms with van der Waals surface area (Å²) < 4.78 is 11.3. The molecule has 1 saturated heterocycles. The molecule has 4 rings (SSSR count). The number of nitriles is 2. The highest BCUT2D eigenvalue weighted by molar-refractivity contribution is 6.30. The number of ether oxygens (including phenoxy) is 2. The summed E-state index contributed by atoms with van der Waals surface area (Å²) in [6, 6.07) is 11.5. The summed E-state index contributed by atoms with van der Waals surface area (Å²) in [6.07, 6.45) is 0. The second kappa shape index (κ2) is 3.99. The fourth-order valence-corrected chi connectivity index (χ4v) is 4.00. The minimum absolute atomic E-state index is 0.0957. The van der Waals surface area contributed by atoms with E-state index in [0.29, 0.717) is 18.2 Å². The summed E-state index contributed by atoms with van der Waals surface area (Å²) in [5.41, 5.74) is 4.34. The van der Waals surface area contributed by atoms with Crippen molar-refractivity contribution < 1.29 is 9.47 Å². The van der Waals surface area contributed by atoms with E-state index >= 15 is 0 Å². The highest BCUT2D eigenvalue weighted by atomic mass is 35.5. The monoisotopic (exact) mass is 314 g/mol. The van der Waals surface area contributed by atoms with E-state index in [9.17, 15) is 10.5 Å². The van der Waals surface area contributed by atoms with Gasteiger partial charge in [0.1, 0.15) is 11.3 Å². The summed E-state index contributed by atoms with van der Waals surface area (Å²) in [4.78, 5) is 4.21. The first-order chi connectivity index (χ1) is 10.6. The highest BCUT2D eigenvalue weighted by Crippen LogP contribution is 2.82. The molecule has 6 nitrogen and oxygen atoms in total. The van der Waals surface area contributed by atoms with Crippen LogP contribution >= 0.6 is 11.6 Å². The van der Waals surface area contributed by atoms with Crippen molar-refractivity contribution in [3.63, 3.8) is 0 Å². The average Bonchev–Trinajstić information content (AvgIpc) is 2.77. The van der Waals surface area contributed by atoms with Gasteiger partial charge in [-0.2, -0.15) is 10.5 Å². The summed E-state index contributed by atoms with van der Waals surface area (Å²) >= 11 is 5.92. The minimum atomic E-state index is -1.48. The Labute approximate surface area is 131 Å². The fraction of sp³-hybridized carbons (Fsp3) is 0.400. The normalized spacial score (nSPS) is 37.2. The number of hydrogen-bond acceptors (Lipinski definition) is 6. The van der Waals surface area contributed by atoms with Crippen LogP contribution in [0.4, 0.5) is 0 Å². The molecule has 1 aromatic carbocycles. The number of fused-ring (bicyclic) bond motifs is 2. The van der Waals surface area contributed by atoms with E-state index in [1.807, 2.05) is 0 Å².